The molecule has 6 nitrogen and oxygen atoms in total. The molecule has 0 atom stereocenters. The van der Waals surface area contributed by atoms with Crippen LogP contribution in [0, 0.1) is 12.3 Å². The molecule has 0 saturated heterocycles. The highest BCUT2D eigenvalue weighted by molar-refractivity contribution is 7.18. The van der Waals surface area contributed by atoms with Crippen LogP contribution in [-0.2, 0) is 35.7 Å². The lowest BCUT2D eigenvalue weighted by atomic mass is 10.1. The molecule has 0 N–H and O–H groups in total. The fourth-order valence-corrected chi connectivity index (χ4v) is 4.18. The van der Waals surface area contributed by atoms with Crippen LogP contribution in [0.15, 0.2) is 4.79 Å². The van der Waals surface area contributed by atoms with Crippen LogP contribution in [0.3, 0.4) is 0 Å². The van der Waals surface area contributed by atoms with Crippen LogP contribution in [-0.4, -0.2) is 34.4 Å². The van der Waals surface area contributed by atoms with Gasteiger partial charge in [0.15, 0.2) is 0 Å². The smallest absolute Gasteiger partial charge is 0.263 e. The number of hydrogen-bond acceptors (Lipinski definition) is 6. The van der Waals surface area contributed by atoms with Crippen molar-refractivity contribution in [3.05, 3.63) is 26.6 Å². The molecule has 1 aliphatic heterocycles. The molecule has 0 unspecified atom stereocenters. The summed E-state index contributed by atoms with van der Waals surface area (Å²) in [4.78, 5) is 25.2. The first-order valence-corrected chi connectivity index (χ1v) is 8.94. The van der Waals surface area contributed by atoms with Gasteiger partial charge < -0.3 is 4.74 Å². The van der Waals surface area contributed by atoms with Gasteiger partial charge in [0.05, 0.1) is 25.1 Å². The molecule has 3 rings (SSSR count). The molecular weight excluding hydrogens is 326 g/mol. The SMILES string of the molecule is C#CCn1c(COCC)nc2sc3c(c2c1=O)CCN(OCC)C3. The molecule has 0 saturated carbocycles. The third-order valence-electron chi connectivity index (χ3n) is 4.00. The molecule has 24 heavy (non-hydrogen) atoms. The van der Waals surface area contributed by atoms with E-state index in [2.05, 4.69) is 10.9 Å². The Morgan fingerprint density at radius 3 is 2.92 bits per heavy atom. The van der Waals surface area contributed by atoms with Crippen LogP contribution >= 0.6 is 11.3 Å². The highest BCUT2D eigenvalue weighted by Crippen LogP contribution is 2.32. The molecule has 3 heterocycles. The van der Waals surface area contributed by atoms with Crippen molar-refractivity contribution in [3.8, 4) is 12.3 Å². The summed E-state index contributed by atoms with van der Waals surface area (Å²) < 4.78 is 7.00. The number of hydrogen-bond donors (Lipinski definition) is 0. The van der Waals surface area contributed by atoms with Crippen molar-refractivity contribution in [1.29, 1.82) is 0 Å². The Hall–Kier alpha value is -1.72. The molecule has 7 heteroatoms. The van der Waals surface area contributed by atoms with Crippen molar-refractivity contribution < 1.29 is 9.57 Å². The van der Waals surface area contributed by atoms with Gasteiger partial charge >= 0.3 is 0 Å². The molecule has 0 aliphatic carbocycles. The molecule has 128 valence electrons. The lowest BCUT2D eigenvalue weighted by molar-refractivity contribution is -0.164. The number of ether oxygens (including phenoxy) is 1. The Morgan fingerprint density at radius 1 is 1.38 bits per heavy atom. The molecule has 0 radical (unpaired) electrons. The fraction of sp³-hybridized carbons (Fsp3) is 0.529. The van der Waals surface area contributed by atoms with Crippen molar-refractivity contribution >= 4 is 21.6 Å². The predicted octanol–water partition coefficient (Wildman–Crippen LogP) is 1.94. The maximum Gasteiger partial charge on any atom is 0.263 e. The first kappa shape index (κ1) is 17.1. The number of terminal acetylenes is 1. The summed E-state index contributed by atoms with van der Waals surface area (Å²) in [7, 11) is 0. The zero-order valence-electron chi connectivity index (χ0n) is 14.0. The summed E-state index contributed by atoms with van der Waals surface area (Å²) in [5, 5.41) is 2.65. The number of hydroxylamine groups is 2. The van der Waals surface area contributed by atoms with E-state index in [1.807, 2.05) is 18.9 Å². The van der Waals surface area contributed by atoms with Crippen molar-refractivity contribution in [2.75, 3.05) is 19.8 Å². The average Bonchev–Trinajstić information content (AvgIpc) is 2.94. The summed E-state index contributed by atoms with van der Waals surface area (Å²) in [5.74, 6) is 3.14. The Labute approximate surface area is 145 Å². The average molecular weight is 347 g/mol. The molecule has 0 amide bonds. The van der Waals surface area contributed by atoms with E-state index in [-0.39, 0.29) is 18.7 Å². The molecule has 1 aliphatic rings. The first-order chi connectivity index (χ1) is 11.7. The molecule has 0 fully saturated rings. The lowest BCUT2D eigenvalue weighted by Crippen LogP contribution is -2.31. The van der Waals surface area contributed by atoms with Crippen LogP contribution in [0.25, 0.3) is 10.2 Å². The number of rotatable bonds is 6. The maximum absolute atomic E-state index is 13.0. The van der Waals surface area contributed by atoms with E-state index in [1.54, 1.807) is 15.9 Å². The molecule has 0 spiro atoms. The van der Waals surface area contributed by atoms with Crippen molar-refractivity contribution in [1.82, 2.24) is 14.6 Å². The van der Waals surface area contributed by atoms with Gasteiger partial charge in [0.25, 0.3) is 5.56 Å². The Bertz CT molecular complexity index is 834. The Morgan fingerprint density at radius 2 is 2.21 bits per heavy atom. The minimum Gasteiger partial charge on any atom is -0.374 e. The third kappa shape index (κ3) is 3.10. The Kier molecular flexibility index (Phi) is 5.31. The number of thiophene rings is 1. The van der Waals surface area contributed by atoms with E-state index in [0.717, 1.165) is 28.2 Å². The van der Waals surface area contributed by atoms with Crippen molar-refractivity contribution in [2.24, 2.45) is 0 Å². The second-order valence-corrected chi connectivity index (χ2v) is 6.56. The van der Waals surface area contributed by atoms with Gasteiger partial charge in [-0.1, -0.05) is 5.92 Å². The maximum atomic E-state index is 13.0. The zero-order valence-corrected chi connectivity index (χ0v) is 14.8. The molecule has 0 bridgehead atoms. The Balaban J connectivity index is 2.09. The molecule has 0 aromatic carbocycles. The lowest BCUT2D eigenvalue weighted by Gasteiger charge is -2.25. The van der Waals surface area contributed by atoms with E-state index in [9.17, 15) is 4.79 Å². The largest absolute Gasteiger partial charge is 0.374 e. The van der Waals surface area contributed by atoms with Gasteiger partial charge in [0.1, 0.15) is 17.3 Å². The summed E-state index contributed by atoms with van der Waals surface area (Å²) >= 11 is 1.56. The monoisotopic (exact) mass is 347 g/mol. The van der Waals surface area contributed by atoms with E-state index >= 15 is 0 Å². The number of fused-ring (bicyclic) bond motifs is 3. The summed E-state index contributed by atoms with van der Waals surface area (Å²) in [6.07, 6.45) is 6.22. The van der Waals surface area contributed by atoms with Gasteiger partial charge in [0.2, 0.25) is 0 Å². The van der Waals surface area contributed by atoms with Crippen LogP contribution < -0.4 is 5.56 Å². The van der Waals surface area contributed by atoms with Crippen LogP contribution in [0.1, 0.15) is 30.1 Å². The minimum absolute atomic E-state index is 0.0602. The van der Waals surface area contributed by atoms with Gasteiger partial charge in [-0.3, -0.25) is 14.2 Å². The summed E-state index contributed by atoms with van der Waals surface area (Å²) in [6, 6.07) is 0. The molecule has 2 aromatic rings. The normalized spacial score (nSPS) is 14.7. The number of aromatic nitrogens is 2. The van der Waals surface area contributed by atoms with E-state index in [0.29, 0.717) is 31.0 Å². The van der Waals surface area contributed by atoms with Gasteiger partial charge in [-0.25, -0.2) is 4.98 Å². The standard InChI is InChI=1S/C17H21N3O3S/c1-4-8-20-14(11-22-5-2)18-16-15(17(20)21)12-7-9-19(23-6-3)10-13(12)24-16/h1H,5-11H2,2-3H3. The second-order valence-electron chi connectivity index (χ2n) is 5.48. The van der Waals surface area contributed by atoms with Crippen LogP contribution in [0.5, 0.6) is 0 Å². The molecule has 2 aromatic heterocycles. The van der Waals surface area contributed by atoms with Gasteiger partial charge in [0, 0.05) is 18.0 Å². The summed E-state index contributed by atoms with van der Waals surface area (Å²) in [5.41, 5.74) is 1.03. The first-order valence-electron chi connectivity index (χ1n) is 8.12. The third-order valence-corrected chi connectivity index (χ3v) is 5.11. The molecular formula is C17H21N3O3S. The van der Waals surface area contributed by atoms with E-state index in [4.69, 9.17) is 16.0 Å². The van der Waals surface area contributed by atoms with E-state index in [1.165, 1.54) is 0 Å². The van der Waals surface area contributed by atoms with Crippen LogP contribution in [0.4, 0.5) is 0 Å². The fourth-order valence-electron chi connectivity index (χ4n) is 2.95. The van der Waals surface area contributed by atoms with Crippen molar-refractivity contribution in [2.45, 2.75) is 40.0 Å². The number of nitrogens with zero attached hydrogens (tertiary/aromatic N) is 3. The second kappa shape index (κ2) is 7.45. The van der Waals surface area contributed by atoms with E-state index < -0.39 is 0 Å². The highest BCUT2D eigenvalue weighted by Gasteiger charge is 2.25. The zero-order chi connectivity index (χ0) is 17.1. The minimum atomic E-state index is -0.0602. The van der Waals surface area contributed by atoms with Gasteiger partial charge in [-0.05, 0) is 25.8 Å². The summed E-state index contributed by atoms with van der Waals surface area (Å²) in [6.45, 7) is 7.06. The highest BCUT2D eigenvalue weighted by atomic mass is 32.1. The predicted molar refractivity (Wildman–Crippen MR) is 93.8 cm³/mol. The van der Waals surface area contributed by atoms with Gasteiger partial charge in [-0.15, -0.1) is 17.8 Å². The van der Waals surface area contributed by atoms with Crippen molar-refractivity contribution in [3.63, 3.8) is 0 Å². The topological polar surface area (TPSA) is 56.6 Å². The quantitative estimate of drug-likeness (QED) is 0.748. The van der Waals surface area contributed by atoms with Gasteiger partial charge in [-0.2, -0.15) is 5.06 Å². The van der Waals surface area contributed by atoms with Crippen LogP contribution in [0.2, 0.25) is 0 Å².